The molecule has 19 heavy (non-hydrogen) atoms. The number of halogens is 1. The number of rotatable bonds is 4. The Morgan fingerprint density at radius 1 is 1.32 bits per heavy atom. The first-order chi connectivity index (χ1) is 9.21. The van der Waals surface area contributed by atoms with Gasteiger partial charge in [-0.15, -0.1) is 0 Å². The summed E-state index contributed by atoms with van der Waals surface area (Å²) in [6, 6.07) is 5.43. The standard InChI is InChI=1S/C15H20ClN3/c1-2-11-3-5-12(6-4-11)10-18-15-8-13(9-17)7-14(16)19-15/h7-8,11-12H,2-6,10H2,1H3,(H,18,19). The third-order valence-corrected chi connectivity index (χ3v) is 4.23. The van der Waals surface area contributed by atoms with Gasteiger partial charge in [-0.3, -0.25) is 0 Å². The SMILES string of the molecule is CCC1CCC(CNc2cc(C#N)cc(Cl)n2)CC1. The number of nitrogens with zero attached hydrogens (tertiary/aromatic N) is 2. The van der Waals surface area contributed by atoms with Crippen molar-refractivity contribution in [2.45, 2.75) is 39.0 Å². The van der Waals surface area contributed by atoms with E-state index in [0.717, 1.165) is 12.5 Å². The van der Waals surface area contributed by atoms with E-state index in [1.54, 1.807) is 12.1 Å². The summed E-state index contributed by atoms with van der Waals surface area (Å²) in [7, 11) is 0. The molecule has 0 spiro atoms. The molecule has 4 heteroatoms. The summed E-state index contributed by atoms with van der Waals surface area (Å²) in [4.78, 5) is 4.20. The second-order valence-electron chi connectivity index (χ2n) is 5.35. The first-order valence-corrected chi connectivity index (χ1v) is 7.40. The van der Waals surface area contributed by atoms with Crippen LogP contribution in [0.2, 0.25) is 5.15 Å². The first-order valence-electron chi connectivity index (χ1n) is 7.02. The molecule has 0 unspecified atom stereocenters. The topological polar surface area (TPSA) is 48.7 Å². The van der Waals surface area contributed by atoms with E-state index in [0.29, 0.717) is 22.5 Å². The monoisotopic (exact) mass is 277 g/mol. The molecule has 1 N–H and O–H groups in total. The van der Waals surface area contributed by atoms with Crippen LogP contribution in [-0.2, 0) is 0 Å². The third kappa shape index (κ3) is 4.11. The smallest absolute Gasteiger partial charge is 0.132 e. The van der Waals surface area contributed by atoms with E-state index in [4.69, 9.17) is 16.9 Å². The Bertz CT molecular complexity index is 459. The normalized spacial score (nSPS) is 22.8. The summed E-state index contributed by atoms with van der Waals surface area (Å²) in [5, 5.41) is 12.6. The maximum atomic E-state index is 8.90. The Kier molecular flexibility index (Phi) is 5.04. The molecule has 1 aromatic heterocycles. The van der Waals surface area contributed by atoms with Crippen molar-refractivity contribution in [1.82, 2.24) is 4.98 Å². The zero-order chi connectivity index (χ0) is 13.7. The van der Waals surface area contributed by atoms with Crippen molar-refractivity contribution in [1.29, 1.82) is 5.26 Å². The van der Waals surface area contributed by atoms with E-state index in [1.807, 2.05) is 0 Å². The fraction of sp³-hybridized carbons (Fsp3) is 0.600. The second kappa shape index (κ2) is 6.77. The highest BCUT2D eigenvalue weighted by Gasteiger charge is 2.19. The molecule has 0 atom stereocenters. The fourth-order valence-corrected chi connectivity index (χ4v) is 2.95. The van der Waals surface area contributed by atoms with E-state index in [2.05, 4.69) is 23.3 Å². The van der Waals surface area contributed by atoms with Gasteiger partial charge in [0.05, 0.1) is 11.6 Å². The van der Waals surface area contributed by atoms with Gasteiger partial charge in [0.25, 0.3) is 0 Å². The van der Waals surface area contributed by atoms with Crippen LogP contribution in [0.1, 0.15) is 44.6 Å². The van der Waals surface area contributed by atoms with Crippen molar-refractivity contribution in [3.05, 3.63) is 22.8 Å². The minimum Gasteiger partial charge on any atom is -0.370 e. The minimum absolute atomic E-state index is 0.372. The quantitative estimate of drug-likeness (QED) is 0.838. The van der Waals surface area contributed by atoms with E-state index in [-0.39, 0.29) is 0 Å². The van der Waals surface area contributed by atoms with Crippen LogP contribution in [0.15, 0.2) is 12.1 Å². The fourth-order valence-electron chi connectivity index (χ4n) is 2.74. The average Bonchev–Trinajstić information content (AvgIpc) is 2.45. The number of hydrogen-bond donors (Lipinski definition) is 1. The minimum atomic E-state index is 0.372. The molecule has 1 fully saturated rings. The highest BCUT2D eigenvalue weighted by atomic mass is 35.5. The van der Waals surface area contributed by atoms with Crippen molar-refractivity contribution in [3.63, 3.8) is 0 Å². The lowest BCUT2D eigenvalue weighted by molar-refractivity contribution is 0.278. The molecule has 0 amide bonds. The molecular formula is C15H20ClN3. The maximum absolute atomic E-state index is 8.90. The van der Waals surface area contributed by atoms with Crippen molar-refractivity contribution in [3.8, 4) is 6.07 Å². The van der Waals surface area contributed by atoms with Gasteiger partial charge in [-0.1, -0.05) is 37.8 Å². The Morgan fingerprint density at radius 2 is 2.00 bits per heavy atom. The van der Waals surface area contributed by atoms with E-state index < -0.39 is 0 Å². The molecule has 2 rings (SSSR count). The molecule has 3 nitrogen and oxygen atoms in total. The number of nitrogens with one attached hydrogen (secondary N) is 1. The molecule has 1 aromatic rings. The Hall–Kier alpha value is -1.27. The molecule has 102 valence electrons. The Labute approximate surface area is 120 Å². The van der Waals surface area contributed by atoms with Crippen molar-refractivity contribution >= 4 is 17.4 Å². The van der Waals surface area contributed by atoms with E-state index in [9.17, 15) is 0 Å². The van der Waals surface area contributed by atoms with Crippen molar-refractivity contribution < 1.29 is 0 Å². The van der Waals surface area contributed by atoms with Gasteiger partial charge in [-0.25, -0.2) is 4.98 Å². The molecule has 1 aliphatic carbocycles. The van der Waals surface area contributed by atoms with Crippen LogP contribution >= 0.6 is 11.6 Å². The van der Waals surface area contributed by atoms with Crippen LogP contribution in [0, 0.1) is 23.2 Å². The predicted octanol–water partition coefficient (Wildman–Crippen LogP) is 4.23. The van der Waals surface area contributed by atoms with Crippen LogP contribution in [0.5, 0.6) is 0 Å². The number of hydrogen-bond acceptors (Lipinski definition) is 3. The summed E-state index contributed by atoms with van der Waals surface area (Å²) in [5.74, 6) is 2.35. The lowest BCUT2D eigenvalue weighted by atomic mass is 9.81. The van der Waals surface area contributed by atoms with Crippen LogP contribution in [0.3, 0.4) is 0 Å². The maximum Gasteiger partial charge on any atom is 0.132 e. The zero-order valence-corrected chi connectivity index (χ0v) is 12.1. The number of nitriles is 1. The third-order valence-electron chi connectivity index (χ3n) is 4.04. The van der Waals surface area contributed by atoms with Gasteiger partial charge >= 0.3 is 0 Å². The average molecular weight is 278 g/mol. The number of anilines is 1. The Morgan fingerprint density at radius 3 is 2.63 bits per heavy atom. The molecule has 0 bridgehead atoms. The molecule has 1 heterocycles. The van der Waals surface area contributed by atoms with Gasteiger partial charge in [0.15, 0.2) is 0 Å². The first kappa shape index (κ1) is 14.1. The van der Waals surface area contributed by atoms with Crippen molar-refractivity contribution in [2.24, 2.45) is 11.8 Å². The molecule has 0 aromatic carbocycles. The summed E-state index contributed by atoms with van der Waals surface area (Å²) in [6.45, 7) is 3.21. The second-order valence-corrected chi connectivity index (χ2v) is 5.74. The predicted molar refractivity (Wildman–Crippen MR) is 78.2 cm³/mol. The zero-order valence-electron chi connectivity index (χ0n) is 11.3. The summed E-state index contributed by atoms with van der Waals surface area (Å²) in [6.07, 6.45) is 6.57. The summed E-state index contributed by atoms with van der Waals surface area (Å²) < 4.78 is 0. The van der Waals surface area contributed by atoms with Gasteiger partial charge in [-0.2, -0.15) is 5.26 Å². The van der Waals surface area contributed by atoms with Crippen LogP contribution in [0.25, 0.3) is 0 Å². The number of aromatic nitrogens is 1. The van der Waals surface area contributed by atoms with Crippen LogP contribution in [0.4, 0.5) is 5.82 Å². The molecule has 0 aliphatic heterocycles. The molecular weight excluding hydrogens is 258 g/mol. The van der Waals surface area contributed by atoms with Gasteiger partial charge in [-0.05, 0) is 36.8 Å². The largest absolute Gasteiger partial charge is 0.370 e. The molecule has 1 saturated carbocycles. The van der Waals surface area contributed by atoms with Crippen molar-refractivity contribution in [2.75, 3.05) is 11.9 Å². The van der Waals surface area contributed by atoms with Crippen LogP contribution in [-0.4, -0.2) is 11.5 Å². The van der Waals surface area contributed by atoms with Gasteiger partial charge in [0.1, 0.15) is 11.0 Å². The van der Waals surface area contributed by atoms with Gasteiger partial charge in [0, 0.05) is 6.54 Å². The van der Waals surface area contributed by atoms with Gasteiger partial charge in [0.2, 0.25) is 0 Å². The molecule has 0 saturated heterocycles. The van der Waals surface area contributed by atoms with E-state index >= 15 is 0 Å². The van der Waals surface area contributed by atoms with Crippen LogP contribution < -0.4 is 5.32 Å². The highest BCUT2D eigenvalue weighted by molar-refractivity contribution is 6.29. The van der Waals surface area contributed by atoms with Gasteiger partial charge < -0.3 is 5.32 Å². The Balaban J connectivity index is 1.86. The summed E-state index contributed by atoms with van der Waals surface area (Å²) >= 11 is 5.89. The molecule has 1 aliphatic rings. The highest BCUT2D eigenvalue weighted by Crippen LogP contribution is 2.30. The molecule has 0 radical (unpaired) electrons. The summed E-state index contributed by atoms with van der Waals surface area (Å²) in [5.41, 5.74) is 0.553. The lowest BCUT2D eigenvalue weighted by Crippen LogP contribution is -2.21. The lowest BCUT2D eigenvalue weighted by Gasteiger charge is -2.28. The number of pyridine rings is 1. The van der Waals surface area contributed by atoms with E-state index in [1.165, 1.54) is 32.1 Å².